The molecule has 74 valence electrons. The fourth-order valence-electron chi connectivity index (χ4n) is 0.895. The number of carboxylic acids is 2. The van der Waals surface area contributed by atoms with Crippen LogP contribution in [-0.2, 0) is 15.0 Å². The van der Waals surface area contributed by atoms with Gasteiger partial charge in [-0.25, -0.2) is 0 Å². The van der Waals surface area contributed by atoms with E-state index in [9.17, 15) is 9.59 Å². The van der Waals surface area contributed by atoms with Crippen LogP contribution in [-0.4, -0.2) is 27.1 Å². The summed E-state index contributed by atoms with van der Waals surface area (Å²) in [5.41, 5.74) is -3.58. The van der Waals surface area contributed by atoms with Crippen molar-refractivity contribution >= 4 is 11.9 Å². The first-order valence-electron chi connectivity index (χ1n) is 5.13. The Morgan fingerprint density at radius 3 is 2.43 bits per heavy atom. The van der Waals surface area contributed by atoms with E-state index in [4.69, 9.17) is 14.3 Å². The summed E-state index contributed by atoms with van der Waals surface area (Å²) in [4.78, 5) is 25.8. The maximum absolute atomic E-state index is 11.1. The molecule has 0 saturated carbocycles. The zero-order valence-electron chi connectivity index (χ0n) is 9.97. The van der Waals surface area contributed by atoms with Crippen molar-refractivity contribution in [3.8, 4) is 0 Å². The third-order valence-electron chi connectivity index (χ3n) is 1.69. The largest absolute Gasteiger partial charge is 0.480 e. The average molecular weight is 198 g/mol. The lowest BCUT2D eigenvalue weighted by Crippen LogP contribution is -2.41. The zero-order valence-corrected chi connectivity index (χ0v) is 6.97. The van der Waals surface area contributed by atoms with Gasteiger partial charge in [0.1, 0.15) is 0 Å². The highest BCUT2D eigenvalue weighted by Crippen LogP contribution is 2.22. The van der Waals surface area contributed by atoms with Gasteiger partial charge in [-0.1, -0.05) is 6.07 Å². The summed E-state index contributed by atoms with van der Waals surface area (Å²) in [7, 11) is 0. The molecule has 2 N–H and O–H groups in total. The maximum atomic E-state index is 11.1. The van der Waals surface area contributed by atoms with Gasteiger partial charge in [-0.15, -0.1) is 0 Å². The molecular weight excluding hydrogens is 186 g/mol. The van der Waals surface area contributed by atoms with Crippen LogP contribution in [0, 0.1) is 0 Å². The molecule has 0 bridgehead atoms. The van der Waals surface area contributed by atoms with Gasteiger partial charge in [0.15, 0.2) is 0 Å². The number of hydrogen-bond donors (Lipinski definition) is 2. The van der Waals surface area contributed by atoms with Crippen molar-refractivity contribution in [3.63, 3.8) is 0 Å². The van der Waals surface area contributed by atoms with Gasteiger partial charge in [-0.3, -0.25) is 14.6 Å². The topological polar surface area (TPSA) is 87.5 Å². The average Bonchev–Trinajstić information content (AvgIpc) is 2.16. The Kier molecular flexibility index (Phi) is 1.61. The van der Waals surface area contributed by atoms with E-state index in [0.717, 1.165) is 12.3 Å². The smallest absolute Gasteiger partial charge is 0.326 e. The highest BCUT2D eigenvalue weighted by Gasteiger charge is 2.44. The molecule has 5 heteroatoms. The van der Waals surface area contributed by atoms with E-state index < -0.39 is 29.9 Å². The third kappa shape index (κ3) is 1.44. The van der Waals surface area contributed by atoms with E-state index in [1.54, 1.807) is 0 Å². The van der Waals surface area contributed by atoms with Crippen molar-refractivity contribution in [2.24, 2.45) is 0 Å². The number of aliphatic carboxylic acids is 2. The number of aromatic nitrogens is 1. The summed E-state index contributed by atoms with van der Waals surface area (Å²) in [6, 6.07) is 3.82. The molecule has 0 aliphatic carbocycles. The standard InChI is InChI=1S/C9H9NO4/c1-9(7(11)12,8(13)14)6-4-2-3-5-10-6/h2-5H,1H3,(H,11,12)(H,13,14)/i1D3. The van der Waals surface area contributed by atoms with Crippen LogP contribution in [0.5, 0.6) is 0 Å². The van der Waals surface area contributed by atoms with Crippen LogP contribution >= 0.6 is 0 Å². The van der Waals surface area contributed by atoms with Crippen molar-refractivity contribution in [1.29, 1.82) is 0 Å². The van der Waals surface area contributed by atoms with Gasteiger partial charge in [0.2, 0.25) is 5.41 Å². The Bertz CT molecular complexity index is 429. The second-order valence-electron chi connectivity index (χ2n) is 2.58. The molecule has 0 aliphatic heterocycles. The Labute approximate surface area is 84.2 Å². The SMILES string of the molecule is [2H]C([2H])([2H])C(C(=O)O)(C(=O)O)c1ccccn1. The van der Waals surface area contributed by atoms with Crippen LogP contribution in [0.1, 0.15) is 16.7 Å². The molecule has 0 fully saturated rings. The molecule has 0 atom stereocenters. The van der Waals surface area contributed by atoms with Crippen LogP contribution in [0.3, 0.4) is 0 Å². The monoisotopic (exact) mass is 198 g/mol. The number of hydrogen-bond acceptors (Lipinski definition) is 3. The number of carboxylic acid groups (broad SMARTS) is 2. The predicted octanol–water partition coefficient (Wildman–Crippen LogP) is 0.509. The van der Waals surface area contributed by atoms with E-state index in [1.807, 2.05) is 0 Å². The van der Waals surface area contributed by atoms with E-state index in [-0.39, 0.29) is 0 Å². The Balaban J connectivity index is 3.59. The van der Waals surface area contributed by atoms with Crippen molar-refractivity contribution in [2.45, 2.75) is 12.3 Å². The maximum Gasteiger partial charge on any atom is 0.326 e. The summed E-state index contributed by atoms with van der Waals surface area (Å²) in [6.45, 7) is -3.25. The quantitative estimate of drug-likeness (QED) is 0.691. The van der Waals surface area contributed by atoms with Gasteiger partial charge in [-0.05, 0) is 19.0 Å². The van der Waals surface area contributed by atoms with Gasteiger partial charge < -0.3 is 10.2 Å². The van der Waals surface area contributed by atoms with Crippen LogP contribution < -0.4 is 0 Å². The van der Waals surface area contributed by atoms with Gasteiger partial charge in [-0.2, -0.15) is 0 Å². The molecule has 0 aliphatic rings. The molecule has 0 saturated heterocycles. The molecule has 0 radical (unpaired) electrons. The fourth-order valence-corrected chi connectivity index (χ4v) is 0.895. The molecule has 0 unspecified atom stereocenters. The first-order valence-corrected chi connectivity index (χ1v) is 3.63. The molecular formula is C9H9NO4. The van der Waals surface area contributed by atoms with Crippen LogP contribution in [0.15, 0.2) is 24.4 Å². The summed E-state index contributed by atoms with van der Waals surface area (Å²) in [5.74, 6) is -3.94. The normalized spacial score (nSPS) is 15.0. The molecule has 5 nitrogen and oxygen atoms in total. The van der Waals surface area contributed by atoms with Gasteiger partial charge in [0.05, 0.1) is 5.69 Å². The van der Waals surface area contributed by atoms with Gasteiger partial charge >= 0.3 is 11.9 Å². The molecule has 0 amide bonds. The highest BCUT2D eigenvalue weighted by molar-refractivity contribution is 6.03. The van der Waals surface area contributed by atoms with Crippen LogP contribution in [0.2, 0.25) is 0 Å². The van der Waals surface area contributed by atoms with Gasteiger partial charge in [0.25, 0.3) is 0 Å². The minimum Gasteiger partial charge on any atom is -0.480 e. The lowest BCUT2D eigenvalue weighted by atomic mass is 9.86. The van der Waals surface area contributed by atoms with Crippen molar-refractivity contribution in [1.82, 2.24) is 4.98 Å². The minimum atomic E-state index is -3.25. The van der Waals surface area contributed by atoms with E-state index in [0.29, 0.717) is 0 Å². The lowest BCUT2D eigenvalue weighted by Gasteiger charge is -2.18. The first-order chi connectivity index (χ1) is 7.74. The van der Waals surface area contributed by atoms with Crippen LogP contribution in [0.4, 0.5) is 0 Å². The van der Waals surface area contributed by atoms with E-state index in [2.05, 4.69) is 4.98 Å². The fraction of sp³-hybridized carbons (Fsp3) is 0.222. The van der Waals surface area contributed by atoms with Crippen molar-refractivity contribution < 1.29 is 23.9 Å². The highest BCUT2D eigenvalue weighted by atomic mass is 16.4. The van der Waals surface area contributed by atoms with Gasteiger partial charge in [0, 0.05) is 10.3 Å². The number of carbonyl (C=O) groups is 2. The predicted molar refractivity (Wildman–Crippen MR) is 46.9 cm³/mol. The van der Waals surface area contributed by atoms with E-state index in [1.165, 1.54) is 12.1 Å². The summed E-state index contributed by atoms with van der Waals surface area (Å²) in [5, 5.41) is 18.0. The number of rotatable bonds is 3. The second-order valence-corrected chi connectivity index (χ2v) is 2.58. The molecule has 0 aromatic carbocycles. The third-order valence-corrected chi connectivity index (χ3v) is 1.69. The number of pyridine rings is 1. The summed E-state index contributed by atoms with van der Waals surface area (Å²) < 4.78 is 21.5. The first kappa shape index (κ1) is 6.53. The number of nitrogens with zero attached hydrogens (tertiary/aromatic N) is 1. The second kappa shape index (κ2) is 3.45. The summed E-state index contributed by atoms with van der Waals surface area (Å²) >= 11 is 0. The zero-order chi connectivity index (χ0) is 13.3. The Hall–Kier alpha value is -1.91. The molecule has 14 heavy (non-hydrogen) atoms. The molecule has 0 spiro atoms. The Morgan fingerprint density at radius 1 is 1.43 bits per heavy atom. The Morgan fingerprint density at radius 2 is 2.07 bits per heavy atom. The lowest BCUT2D eigenvalue weighted by molar-refractivity contribution is -0.156. The molecule has 1 rings (SSSR count). The van der Waals surface area contributed by atoms with Crippen molar-refractivity contribution in [2.75, 3.05) is 0 Å². The molecule has 1 aromatic rings. The summed E-state index contributed by atoms with van der Waals surface area (Å²) in [6.07, 6.45) is 1.14. The van der Waals surface area contributed by atoms with E-state index >= 15 is 0 Å². The minimum absolute atomic E-state index is 0.528. The molecule has 1 aromatic heterocycles. The molecule has 1 heterocycles. The van der Waals surface area contributed by atoms with Crippen LogP contribution in [0.25, 0.3) is 0 Å². The van der Waals surface area contributed by atoms with Crippen molar-refractivity contribution in [3.05, 3.63) is 30.1 Å².